The van der Waals surface area contributed by atoms with Gasteiger partial charge in [0, 0.05) is 32.2 Å². The van der Waals surface area contributed by atoms with Crippen LogP contribution in [0.5, 0.6) is 0 Å². The number of benzene rings is 1. The minimum atomic E-state index is -4.23. The molecule has 0 bridgehead atoms. The zero-order chi connectivity index (χ0) is 18.9. The molecular formula is C19H31F3N2O. The van der Waals surface area contributed by atoms with Crippen LogP contribution in [0.4, 0.5) is 13.2 Å². The van der Waals surface area contributed by atoms with Crippen LogP contribution >= 0.6 is 0 Å². The van der Waals surface area contributed by atoms with E-state index in [0.29, 0.717) is 6.04 Å². The molecule has 0 aliphatic carbocycles. The van der Waals surface area contributed by atoms with Gasteiger partial charge in [-0.15, -0.1) is 0 Å². The molecule has 3 nitrogen and oxygen atoms in total. The van der Waals surface area contributed by atoms with Gasteiger partial charge in [-0.2, -0.15) is 13.2 Å². The number of rotatable bonds is 5. The van der Waals surface area contributed by atoms with Crippen LogP contribution in [-0.2, 0) is 10.9 Å². The molecule has 0 saturated carbocycles. The number of halogens is 3. The van der Waals surface area contributed by atoms with Gasteiger partial charge in [-0.1, -0.05) is 39.8 Å². The van der Waals surface area contributed by atoms with Crippen molar-refractivity contribution in [2.75, 3.05) is 39.4 Å². The number of alkyl halides is 3. The molecule has 25 heavy (non-hydrogen) atoms. The monoisotopic (exact) mass is 360 g/mol. The molecule has 1 heterocycles. The van der Waals surface area contributed by atoms with Crippen molar-refractivity contribution in [3.8, 4) is 0 Å². The molecule has 0 spiro atoms. The normalized spacial score (nSPS) is 16.0. The summed E-state index contributed by atoms with van der Waals surface area (Å²) in [7, 11) is 0. The molecule has 0 amide bonds. The number of nitrogens with zero attached hydrogens (tertiary/aromatic N) is 1. The van der Waals surface area contributed by atoms with Crippen LogP contribution in [-0.4, -0.2) is 50.3 Å². The number of morpholine rings is 1. The summed E-state index contributed by atoms with van der Waals surface area (Å²) in [5, 5.41) is 3.41. The van der Waals surface area contributed by atoms with Crippen molar-refractivity contribution in [3.63, 3.8) is 0 Å². The molecule has 1 aromatic rings. The Bertz CT molecular complexity index is 467. The van der Waals surface area contributed by atoms with Gasteiger partial charge in [-0.05, 0) is 23.6 Å². The van der Waals surface area contributed by atoms with E-state index in [1.54, 1.807) is 0 Å². The predicted octanol–water partition coefficient (Wildman–Crippen LogP) is 4.15. The lowest BCUT2D eigenvalue weighted by molar-refractivity contribution is -0.137. The molecule has 0 atom stereocenters. The van der Waals surface area contributed by atoms with Gasteiger partial charge in [-0.25, -0.2) is 0 Å². The maximum atomic E-state index is 12.1. The van der Waals surface area contributed by atoms with Crippen molar-refractivity contribution in [2.24, 2.45) is 0 Å². The summed E-state index contributed by atoms with van der Waals surface area (Å²) in [4.78, 5) is 2.44. The molecule has 1 aliphatic rings. The standard InChI is InChI=1S/C10H11F3.C9H20N2O/c1-7(2)8-3-5-9(6-4-8)10(11,12)13;1-9(2)10-3-4-11-5-7-12-8-6-11/h3-7H,1-2H3;9-10H,3-8H2,1-2H3. The molecular weight excluding hydrogens is 329 g/mol. The number of nitrogens with one attached hydrogen (secondary N) is 1. The summed E-state index contributed by atoms with van der Waals surface area (Å²) in [6.45, 7) is 14.5. The van der Waals surface area contributed by atoms with E-state index < -0.39 is 11.7 Å². The Balaban J connectivity index is 0.000000251. The average molecular weight is 360 g/mol. The Morgan fingerprint density at radius 1 is 1.04 bits per heavy atom. The Morgan fingerprint density at radius 2 is 1.60 bits per heavy atom. The molecule has 1 aliphatic heterocycles. The first kappa shape index (κ1) is 21.9. The highest BCUT2D eigenvalue weighted by Gasteiger charge is 2.29. The maximum absolute atomic E-state index is 12.1. The van der Waals surface area contributed by atoms with Crippen LogP contribution in [0.3, 0.4) is 0 Å². The fraction of sp³-hybridized carbons (Fsp3) is 0.684. The van der Waals surface area contributed by atoms with Crippen molar-refractivity contribution in [3.05, 3.63) is 35.4 Å². The van der Waals surface area contributed by atoms with Crippen LogP contribution in [0, 0.1) is 0 Å². The van der Waals surface area contributed by atoms with Gasteiger partial charge in [0.2, 0.25) is 0 Å². The van der Waals surface area contributed by atoms with Crippen molar-refractivity contribution >= 4 is 0 Å². The Hall–Kier alpha value is -1.11. The number of hydrogen-bond acceptors (Lipinski definition) is 3. The van der Waals surface area contributed by atoms with Crippen LogP contribution in [0.2, 0.25) is 0 Å². The zero-order valence-corrected chi connectivity index (χ0v) is 15.7. The van der Waals surface area contributed by atoms with E-state index in [-0.39, 0.29) is 5.92 Å². The van der Waals surface area contributed by atoms with Crippen molar-refractivity contribution in [2.45, 2.75) is 45.8 Å². The van der Waals surface area contributed by atoms with Crippen LogP contribution in [0.25, 0.3) is 0 Å². The van der Waals surface area contributed by atoms with Gasteiger partial charge in [0.1, 0.15) is 0 Å². The molecule has 0 aromatic heterocycles. The predicted molar refractivity (Wildman–Crippen MR) is 95.9 cm³/mol. The van der Waals surface area contributed by atoms with E-state index >= 15 is 0 Å². The maximum Gasteiger partial charge on any atom is 0.416 e. The molecule has 144 valence electrons. The minimum absolute atomic E-state index is 0.266. The summed E-state index contributed by atoms with van der Waals surface area (Å²) in [5.74, 6) is 0.266. The number of ether oxygens (including phenoxy) is 1. The van der Waals surface area contributed by atoms with Gasteiger partial charge in [0.25, 0.3) is 0 Å². The highest BCUT2D eigenvalue weighted by molar-refractivity contribution is 5.26. The van der Waals surface area contributed by atoms with E-state index in [4.69, 9.17) is 4.74 Å². The minimum Gasteiger partial charge on any atom is -0.379 e. The lowest BCUT2D eigenvalue weighted by Gasteiger charge is -2.26. The molecule has 0 unspecified atom stereocenters. The van der Waals surface area contributed by atoms with Crippen molar-refractivity contribution < 1.29 is 17.9 Å². The molecule has 1 aromatic carbocycles. The van der Waals surface area contributed by atoms with Crippen LogP contribution in [0.15, 0.2) is 24.3 Å². The van der Waals surface area contributed by atoms with E-state index in [2.05, 4.69) is 24.1 Å². The van der Waals surface area contributed by atoms with E-state index in [9.17, 15) is 13.2 Å². The Morgan fingerprint density at radius 3 is 2.04 bits per heavy atom. The van der Waals surface area contributed by atoms with E-state index in [1.165, 1.54) is 12.1 Å². The first-order valence-electron chi connectivity index (χ1n) is 8.90. The quantitative estimate of drug-likeness (QED) is 0.854. The summed E-state index contributed by atoms with van der Waals surface area (Å²) >= 11 is 0. The average Bonchev–Trinajstić information content (AvgIpc) is 2.55. The second-order valence-corrected chi connectivity index (χ2v) is 6.84. The van der Waals surface area contributed by atoms with Gasteiger partial charge >= 0.3 is 6.18 Å². The summed E-state index contributed by atoms with van der Waals surface area (Å²) < 4.78 is 41.6. The third-order valence-corrected chi connectivity index (χ3v) is 3.99. The highest BCUT2D eigenvalue weighted by Crippen LogP contribution is 2.29. The Kier molecular flexibility index (Phi) is 9.46. The smallest absolute Gasteiger partial charge is 0.379 e. The topological polar surface area (TPSA) is 24.5 Å². The lowest BCUT2D eigenvalue weighted by atomic mass is 10.0. The van der Waals surface area contributed by atoms with Gasteiger partial charge in [-0.3, -0.25) is 4.90 Å². The molecule has 1 fully saturated rings. The van der Waals surface area contributed by atoms with Crippen LogP contribution < -0.4 is 5.32 Å². The lowest BCUT2D eigenvalue weighted by Crippen LogP contribution is -2.41. The SMILES string of the molecule is CC(C)NCCN1CCOCC1.CC(C)c1ccc(C(F)(F)F)cc1. The van der Waals surface area contributed by atoms with E-state index in [1.807, 2.05) is 13.8 Å². The summed E-state index contributed by atoms with van der Waals surface area (Å²) in [6.07, 6.45) is -4.23. The van der Waals surface area contributed by atoms with Gasteiger partial charge in [0.15, 0.2) is 0 Å². The second kappa shape index (κ2) is 10.8. The van der Waals surface area contributed by atoms with Gasteiger partial charge in [0.05, 0.1) is 18.8 Å². The second-order valence-electron chi connectivity index (χ2n) is 6.84. The Labute approximate surface area is 149 Å². The third kappa shape index (κ3) is 9.23. The molecule has 0 radical (unpaired) electrons. The fourth-order valence-electron chi connectivity index (χ4n) is 2.39. The largest absolute Gasteiger partial charge is 0.416 e. The molecule has 2 rings (SSSR count). The molecule has 1 N–H and O–H groups in total. The van der Waals surface area contributed by atoms with E-state index in [0.717, 1.165) is 57.1 Å². The first-order valence-corrected chi connectivity index (χ1v) is 8.90. The molecule has 1 saturated heterocycles. The molecule has 6 heteroatoms. The first-order chi connectivity index (χ1) is 11.7. The van der Waals surface area contributed by atoms with Crippen molar-refractivity contribution in [1.82, 2.24) is 10.2 Å². The van der Waals surface area contributed by atoms with Crippen LogP contribution in [0.1, 0.15) is 44.7 Å². The summed E-state index contributed by atoms with van der Waals surface area (Å²) in [6, 6.07) is 5.89. The third-order valence-electron chi connectivity index (χ3n) is 3.99. The fourth-order valence-corrected chi connectivity index (χ4v) is 2.39. The highest BCUT2D eigenvalue weighted by atomic mass is 19.4. The van der Waals surface area contributed by atoms with Gasteiger partial charge < -0.3 is 10.1 Å². The summed E-state index contributed by atoms with van der Waals surface area (Å²) in [5.41, 5.74) is 0.338. The number of hydrogen-bond donors (Lipinski definition) is 1. The zero-order valence-electron chi connectivity index (χ0n) is 15.7. The van der Waals surface area contributed by atoms with Crippen molar-refractivity contribution in [1.29, 1.82) is 0 Å².